The lowest BCUT2D eigenvalue weighted by atomic mass is 10.0. The third-order valence-corrected chi connectivity index (χ3v) is 26.4. The second kappa shape index (κ2) is 83.2. The van der Waals surface area contributed by atoms with Crippen molar-refractivity contribution in [2.45, 2.75) is 422 Å². The summed E-state index contributed by atoms with van der Waals surface area (Å²) in [6.07, 6.45) is 67.6. The maximum absolute atomic E-state index is 14.2. The number of nitrogens with one attached hydrogen (secondary N) is 11. The molecule has 6 heterocycles. The Hall–Kier alpha value is -10.5. The largest absolute Gasteiger partial charge is 0.481 e. The molecule has 6 fully saturated rings. The van der Waals surface area contributed by atoms with E-state index in [4.69, 9.17) is 35.5 Å². The molecule has 13 amide bonds. The number of aliphatic carboxylic acids is 1. The number of unbranched alkanes of at least 4 members (excludes halogenated alkanes) is 22. The Bertz CT molecular complexity index is 4370. The number of carboxylic acids is 1. The minimum Gasteiger partial charge on any atom is -0.481 e. The number of imide groups is 2. The van der Waals surface area contributed by atoms with Gasteiger partial charge < -0.3 is 76.8 Å². The van der Waals surface area contributed by atoms with Gasteiger partial charge in [-0.3, -0.25) is 77.8 Å². The molecule has 38 heteroatoms. The molecule has 6 aliphatic rings. The maximum atomic E-state index is 14.2. The molecule has 8 rings (SSSR count). The average Bonchev–Trinajstić information content (AvgIpc) is 1.66. The molecule has 0 radical (unpaired) electrons. The van der Waals surface area contributed by atoms with Crippen molar-refractivity contribution in [3.8, 4) is 12.8 Å². The smallest absolute Gasteiger partial charge is 0.333 e. The Morgan fingerprint density at radius 3 is 1.40 bits per heavy atom. The van der Waals surface area contributed by atoms with Crippen molar-refractivity contribution in [3.05, 3.63) is 108 Å². The zero-order valence-corrected chi connectivity index (χ0v) is 91.1. The third-order valence-electron chi connectivity index (χ3n) is 25.8. The van der Waals surface area contributed by atoms with E-state index in [1.54, 1.807) is 72.7 Å². The van der Waals surface area contributed by atoms with Crippen molar-refractivity contribution in [2.24, 2.45) is 5.92 Å². The van der Waals surface area contributed by atoms with E-state index in [0.29, 0.717) is 129 Å². The Kier molecular flexibility index (Phi) is 73.0. The molecule has 36 nitrogen and oxygen atoms in total. The fourth-order valence-electron chi connectivity index (χ4n) is 17.0. The topological polar surface area (TPSA) is 514 Å². The number of benzene rings is 2. The summed E-state index contributed by atoms with van der Waals surface area (Å²) in [6.45, 7) is 9.82. The summed E-state index contributed by atoms with van der Waals surface area (Å²) in [7, 11) is 1.69. The second-order valence-corrected chi connectivity index (χ2v) is 39.8. The summed E-state index contributed by atoms with van der Waals surface area (Å²) in [5.41, 5.74) is 4.24. The van der Waals surface area contributed by atoms with Crippen LogP contribution in [0, 0.1) is 23.5 Å². The van der Waals surface area contributed by atoms with Crippen LogP contribution in [0.1, 0.15) is 349 Å². The number of hydroxylamine groups is 4. The number of rotatable bonds is 75. The van der Waals surface area contributed by atoms with E-state index in [1.165, 1.54) is 108 Å². The van der Waals surface area contributed by atoms with E-state index >= 15 is 0 Å². The van der Waals surface area contributed by atoms with E-state index in [1.807, 2.05) is 20.1 Å². The number of allylic oxidation sites excluding steroid dienone is 3. The molecule has 149 heavy (non-hydrogen) atoms. The number of thioether (sulfide) groups is 1. The summed E-state index contributed by atoms with van der Waals surface area (Å²) in [6, 6.07) is 12.3. The van der Waals surface area contributed by atoms with Gasteiger partial charge in [0.2, 0.25) is 47.3 Å². The number of carbonyl (C=O) groups excluding carboxylic acids is 15. The SMILES string of the molecule is CCCCC[C@H]1O[C@H]1C/C=C\CCCCCCCC(=O)NCCCCC(NC)C(=O)NN1CCC[C@H]1C(=O)NCC(=O)NCC(=O)N[C@@H](Cc1ccccc1)C(=O)NC(Cc1ccccc1)C(=O)NCC(=O)NC(CC(C)C)C(=O)N[C@H](C=O)CCSC.CCCCC[C@H]1O[C@H]1C/C=C\CCCCCCCC(=O)O.CCCCC[C@H]1O[C@H]1C/C=C\CCCCCCCC(=O)ON1C(=O)CCC1=O.N=S.O=C1CCC(=O)N1O.[2H]C#C. The second-order valence-electron chi connectivity index (χ2n) is 38.8. The first-order valence-corrected chi connectivity index (χ1v) is 56.2. The van der Waals surface area contributed by atoms with Gasteiger partial charge in [-0.15, -0.1) is 17.9 Å². The summed E-state index contributed by atoms with van der Waals surface area (Å²) in [5, 5.41) is 43.7. The minimum absolute atomic E-state index is 0.00273. The molecule has 834 valence electrons. The zero-order valence-electron chi connectivity index (χ0n) is 90.5. The molecule has 6 aliphatic heterocycles. The Labute approximate surface area is 895 Å². The fraction of sp³-hybridized carbons (Fsp3) is 0.676. The molecule has 13 N–H and O–H groups in total. The predicted octanol–water partition coefficient (Wildman–Crippen LogP) is 13.9. The number of nitrogens with zero attached hydrogens (tertiary/aromatic N) is 3. The van der Waals surface area contributed by atoms with Gasteiger partial charge in [0.15, 0.2) is 0 Å². The van der Waals surface area contributed by atoms with Crippen molar-refractivity contribution in [3.63, 3.8) is 0 Å². The summed E-state index contributed by atoms with van der Waals surface area (Å²) < 4.78 is 28.2. The van der Waals surface area contributed by atoms with Crippen molar-refractivity contribution in [1.29, 1.82) is 4.78 Å². The van der Waals surface area contributed by atoms with Crippen LogP contribution in [0.3, 0.4) is 0 Å². The van der Waals surface area contributed by atoms with E-state index in [2.05, 4.69) is 129 Å². The number of hydrazine groups is 1. The lowest BCUT2D eigenvalue weighted by molar-refractivity contribution is -0.197. The van der Waals surface area contributed by atoms with Crippen molar-refractivity contribution >= 4 is 119 Å². The molecule has 0 aliphatic carbocycles. The first-order chi connectivity index (χ1) is 72.5. The van der Waals surface area contributed by atoms with E-state index in [9.17, 15) is 76.7 Å². The predicted molar refractivity (Wildman–Crippen MR) is 577 cm³/mol. The molecule has 6 saturated heterocycles. The Morgan fingerprint density at radius 2 is 0.946 bits per heavy atom. The van der Waals surface area contributed by atoms with Gasteiger partial charge in [-0.05, 0) is 177 Å². The van der Waals surface area contributed by atoms with Gasteiger partial charge in [0, 0.05) is 83.3 Å². The fourth-order valence-corrected chi connectivity index (χ4v) is 17.5. The van der Waals surface area contributed by atoms with Gasteiger partial charge in [0.25, 0.3) is 29.5 Å². The van der Waals surface area contributed by atoms with E-state index in [0.717, 1.165) is 122 Å². The van der Waals surface area contributed by atoms with Crippen LogP contribution >= 0.6 is 11.8 Å². The highest BCUT2D eigenvalue weighted by Crippen LogP contribution is 2.33. The summed E-state index contributed by atoms with van der Waals surface area (Å²) >= 11 is 4.86. The van der Waals surface area contributed by atoms with Crippen LogP contribution < -0.4 is 53.3 Å². The molecule has 2 aromatic carbocycles. The molecule has 0 aromatic heterocycles. The minimum atomic E-state index is -1.24. The van der Waals surface area contributed by atoms with Gasteiger partial charge >= 0.3 is 11.9 Å². The van der Waals surface area contributed by atoms with Crippen LogP contribution in [-0.4, -0.2) is 245 Å². The summed E-state index contributed by atoms with van der Waals surface area (Å²) in [4.78, 5) is 202. The van der Waals surface area contributed by atoms with Crippen molar-refractivity contribution < 1.29 is 107 Å². The molecule has 3 unspecified atom stereocenters. The van der Waals surface area contributed by atoms with Crippen LogP contribution in [0.15, 0.2) is 97.1 Å². The van der Waals surface area contributed by atoms with Crippen molar-refractivity contribution in [2.75, 3.05) is 51.8 Å². The first-order valence-electron chi connectivity index (χ1n) is 54.9. The molecule has 0 bridgehead atoms. The molecule has 0 spiro atoms. The summed E-state index contributed by atoms with van der Waals surface area (Å²) in [5.74, 6) is -7.17. The van der Waals surface area contributed by atoms with Gasteiger partial charge in [-0.1, -0.05) is 247 Å². The zero-order chi connectivity index (χ0) is 110. The number of aldehydes is 1. The highest BCUT2D eigenvalue weighted by molar-refractivity contribution is 7.98. The molecular weight excluding hydrogens is 1950 g/mol. The van der Waals surface area contributed by atoms with Gasteiger partial charge in [-0.25, -0.2) is 14.6 Å². The standard InChI is InChI=1S/C65H101N11O11S.C22H35NO5.C18H32O3.C4H5NO3.C2H2.HNS/c1-6-7-16-32-55-56(87-55)33-21-12-10-8-9-11-13-22-34-57(78)67-36-24-23-30-50(66-4)64(85)75-76-37-25-31-54(76)65(86)70-42-58(79)68-43-59(80)73-53(41-48-28-19-15-20-29-48)63(84)74-52(40-47-26-17-14-18-27-47)61(82)69-44-60(81)72-51(39-46(2)3)62(83)71-49(45-77)35-38-88-5;1-2-3-10-13-18-19(27-18)14-11-8-6-4-5-7-9-12-15-22(26)28-23-20(24)16-17-21(23)25;1-2-3-10-13-16-17(21-16)14-11-8-6-4-5-7-9-12-15-18(19)20;6-3-1-2-4(7)5(3)8;2*1-2/h12,14-15,17-21,26-29,45-46,49-56,66H,6-11,13,16,22-25,30-44H2,1-5H3,(H,67,78)(H,68,79)(H,69,82)(H,70,86)(H,71,83)(H,72,81)(H,73,80)(H,74,84)(H,75,85);8,11,18-19H,2-7,9-10,12-17H2,1H3;8,11,16-17H,2-7,9-10,12-15H2,1H3,(H,19,20);8H,1-2H2;1-2H;1H/b21-12-;2*11-8-;;;/t49-,50?,51?,52?,53-,54-,55+,56-;18-,19+;16-,17+;;;/m011.../s1/i;;;;1D;. The number of hydrogen-bond acceptors (Lipinski definition) is 26. The number of amides is 13. The number of epoxide rings is 3. The van der Waals surface area contributed by atoms with Crippen LogP contribution in [-0.2, 0) is 121 Å². The average molecular weight is 2120 g/mol. The van der Waals surface area contributed by atoms with Gasteiger partial charge in [-0.2, -0.15) is 16.8 Å². The number of terminal acetylenes is 1. The van der Waals surface area contributed by atoms with Crippen molar-refractivity contribution in [1.82, 2.24) is 68.4 Å². The van der Waals surface area contributed by atoms with Gasteiger partial charge in [0.1, 0.15) is 31.8 Å². The number of carbonyl (C=O) groups is 16. The Balaban J connectivity index is 0.000000739. The third kappa shape index (κ3) is 62.8. The normalized spacial score (nSPS) is 18.3. The van der Waals surface area contributed by atoms with Crippen LogP contribution in [0.5, 0.6) is 0 Å². The highest BCUT2D eigenvalue weighted by Gasteiger charge is 2.40. The van der Waals surface area contributed by atoms with Crippen LogP contribution in [0.25, 0.3) is 0 Å². The van der Waals surface area contributed by atoms with Crippen LogP contribution in [0.2, 0.25) is 0 Å². The van der Waals surface area contributed by atoms with Crippen LogP contribution in [0.4, 0.5) is 0 Å². The van der Waals surface area contributed by atoms with Gasteiger partial charge in [0.05, 0.1) is 68.3 Å². The molecule has 12 atom stereocenters. The van der Waals surface area contributed by atoms with E-state index in [-0.39, 0.29) is 74.2 Å². The highest BCUT2D eigenvalue weighted by atomic mass is 32.2. The maximum Gasteiger partial charge on any atom is 0.333 e. The number of ether oxygens (including phenoxy) is 3. The lowest BCUT2D eigenvalue weighted by Gasteiger charge is -2.26. The molecular formula is C111H176N14O22S2. The number of likely N-dealkylation sites (N-methyl/N-ethyl adjacent to an activating group) is 1. The molecule has 2 aromatic rings. The first kappa shape index (κ1) is 131. The molecule has 0 saturated carbocycles. The number of hydrogen-bond donors (Lipinski definition) is 13. The Morgan fingerprint density at radius 1 is 0.503 bits per heavy atom. The number of carboxylic acid groups (broad SMARTS) is 1. The van der Waals surface area contributed by atoms with E-state index < -0.39 is 133 Å². The lowest BCUT2D eigenvalue weighted by Crippen LogP contribution is -2.57. The monoisotopic (exact) mass is 2120 g/mol. The quantitative estimate of drug-likeness (QED) is 0.00556.